The van der Waals surface area contributed by atoms with Gasteiger partial charge in [-0.25, -0.2) is 4.79 Å². The zero-order valence-electron chi connectivity index (χ0n) is 14.8. The van der Waals surface area contributed by atoms with E-state index >= 15 is 0 Å². The summed E-state index contributed by atoms with van der Waals surface area (Å²) in [6.07, 6.45) is 3.11. The van der Waals surface area contributed by atoms with Gasteiger partial charge in [0, 0.05) is 0 Å². The lowest BCUT2D eigenvalue weighted by atomic mass is 10.1. The Morgan fingerprint density at radius 3 is 2.04 bits per heavy atom. The van der Waals surface area contributed by atoms with Crippen LogP contribution in [0.25, 0.3) is 6.08 Å². The molecule has 1 aromatic rings. The molecule has 0 N–H and O–H groups in total. The molecule has 0 bridgehead atoms. The number of carbonyl (C=O) groups is 2. The summed E-state index contributed by atoms with van der Waals surface area (Å²) in [7, 11) is 4.49. The SMILES string of the molecule is CCCCOC(=O)/C(=C/c1cc(OC)c(OC)c(OC)c1)C(C)=O. The van der Waals surface area contributed by atoms with Gasteiger partial charge in [0.15, 0.2) is 17.3 Å². The number of methoxy groups -OCH3 is 3. The predicted octanol–water partition coefficient (Wildman–Crippen LogP) is 3.03. The first-order valence-corrected chi connectivity index (χ1v) is 7.68. The minimum Gasteiger partial charge on any atom is -0.493 e. The molecule has 0 aromatic heterocycles. The Kier molecular flexibility index (Phi) is 7.82. The van der Waals surface area contributed by atoms with Crippen molar-refractivity contribution >= 4 is 17.8 Å². The van der Waals surface area contributed by atoms with Crippen LogP contribution in [0.1, 0.15) is 32.3 Å². The number of Topliss-reactive ketones (excluding diaryl/α,β-unsaturated/α-hetero) is 1. The molecule has 0 heterocycles. The van der Waals surface area contributed by atoms with E-state index in [1.54, 1.807) is 12.1 Å². The van der Waals surface area contributed by atoms with E-state index in [-0.39, 0.29) is 18.0 Å². The second-order valence-electron chi connectivity index (χ2n) is 5.06. The van der Waals surface area contributed by atoms with E-state index in [9.17, 15) is 9.59 Å². The van der Waals surface area contributed by atoms with Crippen LogP contribution in [0.15, 0.2) is 17.7 Å². The molecule has 0 radical (unpaired) electrons. The largest absolute Gasteiger partial charge is 0.493 e. The van der Waals surface area contributed by atoms with Crippen LogP contribution in [0, 0.1) is 0 Å². The van der Waals surface area contributed by atoms with Gasteiger partial charge in [-0.3, -0.25) is 4.79 Å². The van der Waals surface area contributed by atoms with Crippen LogP contribution in [0.2, 0.25) is 0 Å². The quantitative estimate of drug-likeness (QED) is 0.227. The summed E-state index contributed by atoms with van der Waals surface area (Å²) in [5.41, 5.74) is 0.544. The van der Waals surface area contributed by atoms with E-state index in [0.29, 0.717) is 22.8 Å². The van der Waals surface area contributed by atoms with Crippen molar-refractivity contribution in [3.05, 3.63) is 23.3 Å². The molecular formula is C18H24O6. The lowest BCUT2D eigenvalue weighted by Crippen LogP contribution is -2.14. The monoisotopic (exact) mass is 336 g/mol. The van der Waals surface area contributed by atoms with Crippen molar-refractivity contribution in [2.75, 3.05) is 27.9 Å². The Labute approximate surface area is 142 Å². The normalized spacial score (nSPS) is 11.0. The highest BCUT2D eigenvalue weighted by Crippen LogP contribution is 2.38. The molecule has 1 aromatic carbocycles. The molecule has 132 valence electrons. The van der Waals surface area contributed by atoms with Crippen molar-refractivity contribution in [1.82, 2.24) is 0 Å². The third-order valence-corrected chi connectivity index (χ3v) is 3.33. The fourth-order valence-electron chi connectivity index (χ4n) is 2.04. The summed E-state index contributed by atoms with van der Waals surface area (Å²) < 4.78 is 20.9. The van der Waals surface area contributed by atoms with E-state index in [1.807, 2.05) is 6.92 Å². The Bertz CT molecular complexity index is 593. The minimum absolute atomic E-state index is 0.0274. The molecule has 0 amide bonds. The van der Waals surface area contributed by atoms with E-state index in [0.717, 1.165) is 12.8 Å². The van der Waals surface area contributed by atoms with E-state index in [1.165, 1.54) is 34.3 Å². The van der Waals surface area contributed by atoms with Gasteiger partial charge >= 0.3 is 5.97 Å². The Morgan fingerprint density at radius 2 is 1.62 bits per heavy atom. The molecule has 6 heteroatoms. The molecule has 0 spiro atoms. The molecule has 0 aliphatic carbocycles. The van der Waals surface area contributed by atoms with Crippen LogP contribution in [0.3, 0.4) is 0 Å². The standard InChI is InChI=1S/C18H24O6/c1-6-7-8-24-18(20)14(12(2)19)9-13-10-15(21-3)17(23-5)16(11-13)22-4/h9-11H,6-8H2,1-5H3/b14-9+. The molecule has 1 rings (SSSR count). The average Bonchev–Trinajstić information content (AvgIpc) is 2.58. The van der Waals surface area contributed by atoms with Crippen molar-refractivity contribution < 1.29 is 28.5 Å². The summed E-state index contributed by atoms with van der Waals surface area (Å²) in [5.74, 6) is 0.303. The third-order valence-electron chi connectivity index (χ3n) is 3.33. The third kappa shape index (κ3) is 5.01. The molecule has 0 saturated heterocycles. The fraction of sp³-hybridized carbons (Fsp3) is 0.444. The van der Waals surface area contributed by atoms with E-state index < -0.39 is 5.97 Å². The average molecular weight is 336 g/mol. The zero-order valence-corrected chi connectivity index (χ0v) is 14.8. The fourth-order valence-corrected chi connectivity index (χ4v) is 2.04. The van der Waals surface area contributed by atoms with Crippen molar-refractivity contribution in [2.45, 2.75) is 26.7 Å². The molecule has 0 aliphatic heterocycles. The number of hydrogen-bond acceptors (Lipinski definition) is 6. The van der Waals surface area contributed by atoms with Gasteiger partial charge in [0.25, 0.3) is 0 Å². The Balaban J connectivity index is 3.22. The second kappa shape index (κ2) is 9.60. The first-order valence-electron chi connectivity index (χ1n) is 7.68. The van der Waals surface area contributed by atoms with Gasteiger partial charge in [-0.05, 0) is 37.1 Å². The maximum absolute atomic E-state index is 12.1. The van der Waals surface area contributed by atoms with Gasteiger partial charge in [0.05, 0.1) is 27.9 Å². The topological polar surface area (TPSA) is 71.1 Å². The van der Waals surface area contributed by atoms with Gasteiger partial charge in [-0.2, -0.15) is 0 Å². The number of carbonyl (C=O) groups excluding carboxylic acids is 2. The highest BCUT2D eigenvalue weighted by atomic mass is 16.5. The number of esters is 1. The smallest absolute Gasteiger partial charge is 0.341 e. The van der Waals surface area contributed by atoms with Crippen LogP contribution in [-0.4, -0.2) is 39.7 Å². The number of ketones is 1. The maximum atomic E-state index is 12.1. The highest BCUT2D eigenvalue weighted by Gasteiger charge is 2.18. The van der Waals surface area contributed by atoms with Crippen molar-refractivity contribution in [1.29, 1.82) is 0 Å². The second-order valence-corrected chi connectivity index (χ2v) is 5.06. The number of hydrogen-bond donors (Lipinski definition) is 0. The van der Waals surface area contributed by atoms with E-state index in [4.69, 9.17) is 18.9 Å². The van der Waals surface area contributed by atoms with Crippen molar-refractivity contribution in [2.24, 2.45) is 0 Å². The van der Waals surface area contributed by atoms with Crippen molar-refractivity contribution in [3.8, 4) is 17.2 Å². The number of benzene rings is 1. The van der Waals surface area contributed by atoms with Crippen LogP contribution >= 0.6 is 0 Å². The number of ether oxygens (including phenoxy) is 4. The lowest BCUT2D eigenvalue weighted by Gasteiger charge is -2.13. The first kappa shape index (κ1) is 19.5. The highest BCUT2D eigenvalue weighted by molar-refractivity contribution is 6.19. The molecule has 0 saturated carbocycles. The summed E-state index contributed by atoms with van der Waals surface area (Å²) >= 11 is 0. The minimum atomic E-state index is -0.635. The van der Waals surface area contributed by atoms with Crippen LogP contribution in [-0.2, 0) is 14.3 Å². The Morgan fingerprint density at radius 1 is 1.04 bits per heavy atom. The molecule has 6 nitrogen and oxygen atoms in total. The molecule has 0 unspecified atom stereocenters. The lowest BCUT2D eigenvalue weighted by molar-refractivity contribution is -0.140. The maximum Gasteiger partial charge on any atom is 0.341 e. The first-order chi connectivity index (χ1) is 11.5. The van der Waals surface area contributed by atoms with Gasteiger partial charge in [-0.1, -0.05) is 13.3 Å². The van der Waals surface area contributed by atoms with Crippen LogP contribution < -0.4 is 14.2 Å². The van der Waals surface area contributed by atoms with Gasteiger partial charge in [0.2, 0.25) is 5.75 Å². The molecule has 0 aliphatic rings. The summed E-state index contributed by atoms with van der Waals surface area (Å²) in [6, 6.07) is 3.31. The summed E-state index contributed by atoms with van der Waals surface area (Å²) in [5, 5.41) is 0. The predicted molar refractivity (Wildman–Crippen MR) is 90.6 cm³/mol. The zero-order chi connectivity index (χ0) is 18.1. The van der Waals surface area contributed by atoms with Gasteiger partial charge < -0.3 is 18.9 Å². The van der Waals surface area contributed by atoms with Gasteiger partial charge in [-0.15, -0.1) is 0 Å². The molecule has 0 atom stereocenters. The van der Waals surface area contributed by atoms with Crippen LogP contribution in [0.5, 0.6) is 17.2 Å². The Hall–Kier alpha value is -2.50. The summed E-state index contributed by atoms with van der Waals surface area (Å²) in [4.78, 5) is 23.9. The summed E-state index contributed by atoms with van der Waals surface area (Å²) in [6.45, 7) is 3.60. The number of rotatable bonds is 9. The van der Waals surface area contributed by atoms with E-state index in [2.05, 4.69) is 0 Å². The number of unbranched alkanes of at least 4 members (excludes halogenated alkanes) is 1. The molecule has 0 fully saturated rings. The van der Waals surface area contributed by atoms with Gasteiger partial charge in [0.1, 0.15) is 5.57 Å². The van der Waals surface area contributed by atoms with Crippen LogP contribution in [0.4, 0.5) is 0 Å². The molecule has 24 heavy (non-hydrogen) atoms. The molecular weight excluding hydrogens is 312 g/mol. The van der Waals surface area contributed by atoms with Crippen molar-refractivity contribution in [3.63, 3.8) is 0 Å².